The molecule has 3 nitrogen and oxygen atoms in total. The van der Waals surface area contributed by atoms with Crippen LogP contribution in [-0.4, -0.2) is 12.2 Å². The van der Waals surface area contributed by atoms with Gasteiger partial charge in [-0.25, -0.2) is 4.39 Å². The summed E-state index contributed by atoms with van der Waals surface area (Å²) >= 11 is 0. The van der Waals surface area contributed by atoms with Gasteiger partial charge in [0.2, 0.25) is 0 Å². The van der Waals surface area contributed by atoms with Crippen molar-refractivity contribution >= 4 is 0 Å². The average Bonchev–Trinajstić information content (AvgIpc) is 2.18. The molecule has 1 aromatic rings. The molecule has 0 spiro atoms. The van der Waals surface area contributed by atoms with Crippen molar-refractivity contribution in [3.05, 3.63) is 23.5 Å². The van der Waals surface area contributed by atoms with Gasteiger partial charge in [-0.05, 0) is 24.8 Å². The van der Waals surface area contributed by atoms with Crippen LogP contribution in [0.2, 0.25) is 0 Å². The lowest BCUT2D eigenvalue weighted by Crippen LogP contribution is -2.27. The zero-order chi connectivity index (χ0) is 11.7. The predicted octanol–water partition coefficient (Wildman–Crippen LogP) is 2.34. The summed E-state index contributed by atoms with van der Waals surface area (Å²) in [6.07, 6.45) is 3.24. The van der Waals surface area contributed by atoms with Crippen LogP contribution >= 0.6 is 0 Å². The lowest BCUT2D eigenvalue weighted by atomic mass is 9.77. The zero-order valence-electron chi connectivity index (χ0n) is 9.24. The molecule has 0 heterocycles. The molecule has 2 rings (SSSR count). The Morgan fingerprint density at radius 3 is 2.69 bits per heavy atom. The highest BCUT2D eigenvalue weighted by molar-refractivity contribution is 5.47. The molecular weight excluding hydrogens is 209 g/mol. The van der Waals surface area contributed by atoms with Crippen LogP contribution in [0.3, 0.4) is 0 Å². The van der Waals surface area contributed by atoms with Crippen LogP contribution in [0.1, 0.15) is 30.9 Å². The first kappa shape index (κ1) is 11.2. The molecule has 1 aliphatic rings. The zero-order valence-corrected chi connectivity index (χ0v) is 9.24. The minimum absolute atomic E-state index is 0.0386. The van der Waals surface area contributed by atoms with E-state index in [0.717, 1.165) is 25.3 Å². The second kappa shape index (κ2) is 4.29. The van der Waals surface area contributed by atoms with Gasteiger partial charge in [0.05, 0.1) is 7.11 Å². The Hall–Kier alpha value is -1.29. The van der Waals surface area contributed by atoms with E-state index in [1.165, 1.54) is 13.2 Å². The number of methoxy groups -OCH3 is 1. The maximum atomic E-state index is 13.3. The fraction of sp³-hybridized carbons (Fsp3) is 0.500. The fourth-order valence-electron chi connectivity index (χ4n) is 2.06. The van der Waals surface area contributed by atoms with Crippen molar-refractivity contribution in [1.82, 2.24) is 0 Å². The summed E-state index contributed by atoms with van der Waals surface area (Å²) < 4.78 is 18.2. The topological polar surface area (TPSA) is 55.5 Å². The standard InChI is InChI=1S/C12H16FNO2/c1-16-10-6-8(13)5-9(12(10)15)11(14)7-3-2-4-7/h5-7,11,15H,2-4,14H2,1H3/t11-/m1/s1. The van der Waals surface area contributed by atoms with Crippen LogP contribution < -0.4 is 10.5 Å². The van der Waals surface area contributed by atoms with Crippen LogP contribution in [0, 0.1) is 11.7 Å². The summed E-state index contributed by atoms with van der Waals surface area (Å²) in [6.45, 7) is 0. The molecule has 1 fully saturated rings. The van der Waals surface area contributed by atoms with E-state index < -0.39 is 5.82 Å². The van der Waals surface area contributed by atoms with Gasteiger partial charge >= 0.3 is 0 Å². The fourth-order valence-corrected chi connectivity index (χ4v) is 2.06. The first-order chi connectivity index (χ1) is 7.63. The van der Waals surface area contributed by atoms with Crippen molar-refractivity contribution in [3.63, 3.8) is 0 Å². The van der Waals surface area contributed by atoms with Crippen LogP contribution in [-0.2, 0) is 0 Å². The summed E-state index contributed by atoms with van der Waals surface area (Å²) in [5.74, 6) is 0.0184. The summed E-state index contributed by atoms with van der Waals surface area (Å²) in [5.41, 5.74) is 6.46. The van der Waals surface area contributed by atoms with Gasteiger partial charge in [0.1, 0.15) is 5.82 Å². The molecule has 0 amide bonds. The molecule has 3 N–H and O–H groups in total. The lowest BCUT2D eigenvalue weighted by molar-refractivity contribution is 0.258. The Bertz CT molecular complexity index is 391. The van der Waals surface area contributed by atoms with Gasteiger partial charge in [-0.15, -0.1) is 0 Å². The summed E-state index contributed by atoms with van der Waals surface area (Å²) in [6, 6.07) is 2.14. The molecule has 0 bridgehead atoms. The monoisotopic (exact) mass is 225 g/mol. The number of nitrogens with two attached hydrogens (primary N) is 1. The molecule has 1 atom stereocenters. The quantitative estimate of drug-likeness (QED) is 0.830. The Morgan fingerprint density at radius 2 is 2.19 bits per heavy atom. The smallest absolute Gasteiger partial charge is 0.163 e. The summed E-state index contributed by atoms with van der Waals surface area (Å²) in [4.78, 5) is 0. The third kappa shape index (κ3) is 1.85. The molecule has 0 radical (unpaired) electrons. The van der Waals surface area contributed by atoms with E-state index >= 15 is 0 Å². The highest BCUT2D eigenvalue weighted by Gasteiger charge is 2.28. The third-order valence-corrected chi connectivity index (χ3v) is 3.31. The van der Waals surface area contributed by atoms with E-state index in [9.17, 15) is 9.50 Å². The maximum absolute atomic E-state index is 13.3. The molecule has 88 valence electrons. The maximum Gasteiger partial charge on any atom is 0.163 e. The molecular formula is C12H16FNO2. The number of rotatable bonds is 3. The number of benzene rings is 1. The predicted molar refractivity (Wildman–Crippen MR) is 58.9 cm³/mol. The van der Waals surface area contributed by atoms with Crippen molar-refractivity contribution in [1.29, 1.82) is 0 Å². The van der Waals surface area contributed by atoms with Crippen molar-refractivity contribution < 1.29 is 14.2 Å². The van der Waals surface area contributed by atoms with E-state index in [-0.39, 0.29) is 17.5 Å². The van der Waals surface area contributed by atoms with Crippen LogP contribution in [0.25, 0.3) is 0 Å². The molecule has 1 aliphatic carbocycles. The van der Waals surface area contributed by atoms with E-state index in [2.05, 4.69) is 0 Å². The van der Waals surface area contributed by atoms with Crippen molar-refractivity contribution in [3.8, 4) is 11.5 Å². The first-order valence-corrected chi connectivity index (χ1v) is 5.45. The molecule has 0 unspecified atom stereocenters. The van der Waals surface area contributed by atoms with Gasteiger partial charge in [-0.1, -0.05) is 6.42 Å². The average molecular weight is 225 g/mol. The van der Waals surface area contributed by atoms with Crippen LogP contribution in [0.5, 0.6) is 11.5 Å². The molecule has 0 saturated heterocycles. The number of hydrogen-bond acceptors (Lipinski definition) is 3. The molecule has 1 aromatic carbocycles. The van der Waals surface area contributed by atoms with Gasteiger partial charge in [0, 0.05) is 17.7 Å². The Kier molecular flexibility index (Phi) is 3.01. The molecule has 16 heavy (non-hydrogen) atoms. The molecule has 0 aromatic heterocycles. The van der Waals surface area contributed by atoms with Gasteiger partial charge in [-0.2, -0.15) is 0 Å². The minimum atomic E-state index is -0.431. The van der Waals surface area contributed by atoms with Crippen molar-refractivity contribution in [2.45, 2.75) is 25.3 Å². The normalized spacial score (nSPS) is 17.9. The number of halogens is 1. The summed E-state index contributed by atoms with van der Waals surface area (Å²) in [7, 11) is 1.40. The van der Waals surface area contributed by atoms with E-state index in [0.29, 0.717) is 11.5 Å². The van der Waals surface area contributed by atoms with Crippen LogP contribution in [0.4, 0.5) is 4.39 Å². The number of ether oxygens (including phenoxy) is 1. The number of aromatic hydroxyl groups is 1. The van der Waals surface area contributed by atoms with E-state index in [1.54, 1.807) is 0 Å². The Morgan fingerprint density at radius 1 is 1.50 bits per heavy atom. The van der Waals surface area contributed by atoms with E-state index in [4.69, 9.17) is 10.5 Å². The van der Waals surface area contributed by atoms with Crippen molar-refractivity contribution in [2.75, 3.05) is 7.11 Å². The highest BCUT2D eigenvalue weighted by atomic mass is 19.1. The SMILES string of the molecule is COc1cc(F)cc([C@H](N)C2CCC2)c1O. The lowest BCUT2D eigenvalue weighted by Gasteiger charge is -2.31. The van der Waals surface area contributed by atoms with Crippen molar-refractivity contribution in [2.24, 2.45) is 11.7 Å². The van der Waals surface area contributed by atoms with Gasteiger partial charge < -0.3 is 15.6 Å². The highest BCUT2D eigenvalue weighted by Crippen LogP contribution is 2.42. The van der Waals surface area contributed by atoms with Gasteiger partial charge in [0.25, 0.3) is 0 Å². The number of hydrogen-bond donors (Lipinski definition) is 2. The largest absolute Gasteiger partial charge is 0.504 e. The summed E-state index contributed by atoms with van der Waals surface area (Å²) in [5, 5.41) is 9.88. The number of phenols is 1. The molecule has 0 aliphatic heterocycles. The van der Waals surface area contributed by atoms with Crippen LogP contribution in [0.15, 0.2) is 12.1 Å². The first-order valence-electron chi connectivity index (χ1n) is 5.45. The molecule has 4 heteroatoms. The minimum Gasteiger partial charge on any atom is -0.504 e. The molecule has 1 saturated carbocycles. The number of phenolic OH excluding ortho intramolecular Hbond substituents is 1. The van der Waals surface area contributed by atoms with E-state index in [1.807, 2.05) is 0 Å². The van der Waals surface area contributed by atoms with Gasteiger partial charge in [-0.3, -0.25) is 0 Å². The van der Waals surface area contributed by atoms with Gasteiger partial charge in [0.15, 0.2) is 11.5 Å². The third-order valence-electron chi connectivity index (χ3n) is 3.31. The second-order valence-electron chi connectivity index (χ2n) is 4.26. The second-order valence-corrected chi connectivity index (χ2v) is 4.26. The Labute approximate surface area is 94.0 Å². The Balaban J connectivity index is 2.34.